The maximum atomic E-state index is 5.94. The Balaban J connectivity index is 0.00000176. The SMILES string of the molecule is CCNC(=NCC1Cc2ccccc2O1)NC1CCCC1.I. The minimum atomic E-state index is 0. The second-order valence-electron chi connectivity index (χ2n) is 5.90. The van der Waals surface area contributed by atoms with Crippen LogP contribution < -0.4 is 15.4 Å². The minimum absolute atomic E-state index is 0. The van der Waals surface area contributed by atoms with Crippen LogP contribution in [0.1, 0.15) is 38.2 Å². The van der Waals surface area contributed by atoms with Crippen molar-refractivity contribution in [3.63, 3.8) is 0 Å². The Labute approximate surface area is 150 Å². The van der Waals surface area contributed by atoms with E-state index in [4.69, 9.17) is 9.73 Å². The van der Waals surface area contributed by atoms with Crippen LogP contribution in [0.15, 0.2) is 29.3 Å². The highest BCUT2D eigenvalue weighted by Crippen LogP contribution is 2.28. The molecule has 1 aromatic carbocycles. The summed E-state index contributed by atoms with van der Waals surface area (Å²) in [6.07, 6.45) is 6.31. The number of halogens is 1. The van der Waals surface area contributed by atoms with Gasteiger partial charge in [0, 0.05) is 19.0 Å². The molecule has 0 saturated heterocycles. The van der Waals surface area contributed by atoms with Crippen molar-refractivity contribution < 1.29 is 4.74 Å². The molecule has 1 unspecified atom stereocenters. The lowest BCUT2D eigenvalue weighted by atomic mass is 10.1. The molecule has 1 aliphatic carbocycles. The van der Waals surface area contributed by atoms with E-state index in [-0.39, 0.29) is 30.1 Å². The summed E-state index contributed by atoms with van der Waals surface area (Å²) in [5, 5.41) is 6.88. The Morgan fingerprint density at radius 1 is 1.27 bits per heavy atom. The average Bonchev–Trinajstić information content (AvgIpc) is 3.13. The van der Waals surface area contributed by atoms with E-state index in [1.165, 1.54) is 31.2 Å². The fourth-order valence-corrected chi connectivity index (χ4v) is 3.13. The van der Waals surface area contributed by atoms with Crippen LogP contribution >= 0.6 is 24.0 Å². The molecule has 2 aliphatic rings. The third kappa shape index (κ3) is 4.51. The van der Waals surface area contributed by atoms with Crippen molar-refractivity contribution >= 4 is 29.9 Å². The summed E-state index contributed by atoms with van der Waals surface area (Å²) in [6.45, 7) is 3.70. The van der Waals surface area contributed by atoms with Gasteiger partial charge in [0.25, 0.3) is 0 Å². The Bertz CT molecular complexity index is 475. The molecule has 1 aliphatic heterocycles. The second kappa shape index (κ2) is 8.60. The van der Waals surface area contributed by atoms with Gasteiger partial charge in [-0.1, -0.05) is 31.0 Å². The second-order valence-corrected chi connectivity index (χ2v) is 5.90. The van der Waals surface area contributed by atoms with Gasteiger partial charge in [0.2, 0.25) is 0 Å². The molecule has 2 N–H and O–H groups in total. The third-order valence-electron chi connectivity index (χ3n) is 4.21. The van der Waals surface area contributed by atoms with Gasteiger partial charge < -0.3 is 15.4 Å². The smallest absolute Gasteiger partial charge is 0.191 e. The summed E-state index contributed by atoms with van der Waals surface area (Å²) in [6, 6.07) is 8.86. The van der Waals surface area contributed by atoms with Crippen molar-refractivity contribution in [2.75, 3.05) is 13.1 Å². The van der Waals surface area contributed by atoms with E-state index >= 15 is 0 Å². The van der Waals surface area contributed by atoms with Gasteiger partial charge in [-0.25, -0.2) is 4.99 Å². The number of rotatable bonds is 4. The predicted molar refractivity (Wildman–Crippen MR) is 101 cm³/mol. The van der Waals surface area contributed by atoms with Gasteiger partial charge in [0.05, 0.1) is 6.54 Å². The normalized spacial score (nSPS) is 21.0. The summed E-state index contributed by atoms with van der Waals surface area (Å²) in [7, 11) is 0. The van der Waals surface area contributed by atoms with Crippen LogP contribution in [0.3, 0.4) is 0 Å². The van der Waals surface area contributed by atoms with Crippen LogP contribution in [0.4, 0.5) is 0 Å². The topological polar surface area (TPSA) is 45.7 Å². The van der Waals surface area contributed by atoms with Crippen LogP contribution in [0, 0.1) is 0 Å². The van der Waals surface area contributed by atoms with Crippen molar-refractivity contribution in [3.8, 4) is 5.75 Å². The fraction of sp³-hybridized carbons (Fsp3) is 0.588. The molecule has 1 aromatic rings. The van der Waals surface area contributed by atoms with Gasteiger partial charge in [0.1, 0.15) is 11.9 Å². The number of para-hydroxylation sites is 1. The molecule has 1 fully saturated rings. The van der Waals surface area contributed by atoms with Gasteiger partial charge in [-0.2, -0.15) is 0 Å². The van der Waals surface area contributed by atoms with E-state index in [0.29, 0.717) is 12.6 Å². The molecule has 1 heterocycles. The molecular weight excluding hydrogens is 389 g/mol. The summed E-state index contributed by atoms with van der Waals surface area (Å²) in [5.41, 5.74) is 1.30. The third-order valence-corrected chi connectivity index (χ3v) is 4.21. The molecule has 5 heteroatoms. The largest absolute Gasteiger partial charge is 0.488 e. The lowest BCUT2D eigenvalue weighted by molar-refractivity contribution is 0.241. The summed E-state index contributed by atoms with van der Waals surface area (Å²) >= 11 is 0. The zero-order valence-corrected chi connectivity index (χ0v) is 15.5. The van der Waals surface area contributed by atoms with Crippen LogP contribution in [-0.4, -0.2) is 31.2 Å². The zero-order chi connectivity index (χ0) is 14.5. The first-order valence-electron chi connectivity index (χ1n) is 8.14. The van der Waals surface area contributed by atoms with Crippen molar-refractivity contribution in [1.29, 1.82) is 0 Å². The molecule has 4 nitrogen and oxygen atoms in total. The Hall–Kier alpha value is -0.980. The number of ether oxygens (including phenoxy) is 1. The Kier molecular flexibility index (Phi) is 6.79. The number of nitrogens with one attached hydrogen (secondary N) is 2. The van der Waals surface area contributed by atoms with Crippen molar-refractivity contribution in [2.24, 2.45) is 4.99 Å². The molecule has 0 spiro atoms. The lowest BCUT2D eigenvalue weighted by Crippen LogP contribution is -2.42. The molecule has 22 heavy (non-hydrogen) atoms. The molecule has 1 saturated carbocycles. The number of benzene rings is 1. The van der Waals surface area contributed by atoms with Gasteiger partial charge in [-0.05, 0) is 31.4 Å². The number of nitrogens with zero attached hydrogens (tertiary/aromatic N) is 1. The van der Waals surface area contributed by atoms with Crippen molar-refractivity contribution in [2.45, 2.75) is 51.2 Å². The lowest BCUT2D eigenvalue weighted by Gasteiger charge is -2.17. The number of hydrogen-bond acceptors (Lipinski definition) is 2. The first-order chi connectivity index (χ1) is 10.3. The van der Waals surface area contributed by atoms with Crippen LogP contribution in [-0.2, 0) is 6.42 Å². The minimum Gasteiger partial charge on any atom is -0.488 e. The first kappa shape index (κ1) is 17.4. The monoisotopic (exact) mass is 415 g/mol. The van der Waals surface area contributed by atoms with Crippen molar-refractivity contribution in [1.82, 2.24) is 10.6 Å². The number of hydrogen-bond donors (Lipinski definition) is 2. The van der Waals surface area contributed by atoms with Crippen molar-refractivity contribution in [3.05, 3.63) is 29.8 Å². The van der Waals surface area contributed by atoms with E-state index in [1.54, 1.807) is 0 Å². The van der Waals surface area contributed by atoms with Gasteiger partial charge in [-0.15, -0.1) is 24.0 Å². The van der Waals surface area contributed by atoms with Gasteiger partial charge in [0.15, 0.2) is 5.96 Å². The highest BCUT2D eigenvalue weighted by Gasteiger charge is 2.22. The number of aliphatic imine (C=N–C) groups is 1. The molecular formula is C17H26IN3O. The highest BCUT2D eigenvalue weighted by molar-refractivity contribution is 14.0. The molecule has 122 valence electrons. The maximum Gasteiger partial charge on any atom is 0.191 e. The standard InChI is InChI=1S/C17H25N3O.HI/c1-2-18-17(20-14-8-4-5-9-14)19-12-15-11-13-7-3-6-10-16(13)21-15;/h3,6-7,10,14-15H,2,4-5,8-9,11-12H2,1H3,(H2,18,19,20);1H. The van der Waals surface area contributed by atoms with E-state index in [1.807, 2.05) is 12.1 Å². The summed E-state index contributed by atoms with van der Waals surface area (Å²) in [5.74, 6) is 1.95. The molecule has 0 radical (unpaired) electrons. The summed E-state index contributed by atoms with van der Waals surface area (Å²) in [4.78, 5) is 4.71. The van der Waals surface area contributed by atoms with Gasteiger partial charge in [-0.3, -0.25) is 0 Å². The zero-order valence-electron chi connectivity index (χ0n) is 13.2. The fourth-order valence-electron chi connectivity index (χ4n) is 3.13. The Morgan fingerprint density at radius 3 is 2.77 bits per heavy atom. The van der Waals surface area contributed by atoms with E-state index in [9.17, 15) is 0 Å². The van der Waals surface area contributed by atoms with E-state index < -0.39 is 0 Å². The van der Waals surface area contributed by atoms with Crippen LogP contribution in [0.5, 0.6) is 5.75 Å². The number of fused-ring (bicyclic) bond motifs is 1. The highest BCUT2D eigenvalue weighted by atomic mass is 127. The van der Waals surface area contributed by atoms with E-state index in [0.717, 1.165) is 24.7 Å². The first-order valence-corrected chi connectivity index (χ1v) is 8.14. The number of guanidine groups is 1. The molecule has 1 atom stereocenters. The predicted octanol–water partition coefficient (Wildman–Crippen LogP) is 3.11. The molecule has 0 aromatic heterocycles. The van der Waals surface area contributed by atoms with Gasteiger partial charge >= 0.3 is 0 Å². The molecule has 0 bridgehead atoms. The molecule has 0 amide bonds. The van der Waals surface area contributed by atoms with E-state index in [2.05, 4.69) is 29.7 Å². The molecule has 3 rings (SSSR count). The summed E-state index contributed by atoms with van der Waals surface area (Å²) < 4.78 is 5.94. The Morgan fingerprint density at radius 2 is 2.05 bits per heavy atom. The average molecular weight is 415 g/mol. The quantitative estimate of drug-likeness (QED) is 0.452. The van der Waals surface area contributed by atoms with Crippen LogP contribution in [0.25, 0.3) is 0 Å². The maximum absolute atomic E-state index is 5.94. The van der Waals surface area contributed by atoms with Crippen LogP contribution in [0.2, 0.25) is 0 Å².